The average molecular weight is 224 g/mol. The second kappa shape index (κ2) is 6.00. The molecule has 1 aromatic carbocycles. The molecule has 0 aliphatic heterocycles. The third kappa shape index (κ3) is 4.21. The molecule has 0 saturated heterocycles. The zero-order valence-electron chi connectivity index (χ0n) is 8.78. The highest BCUT2D eigenvalue weighted by Gasteiger charge is 2.09. The van der Waals surface area contributed by atoms with E-state index >= 15 is 0 Å². The Morgan fingerprint density at radius 3 is 2.31 bits per heavy atom. The van der Waals surface area contributed by atoms with E-state index in [9.17, 15) is 14.0 Å². The third-order valence-electron chi connectivity index (χ3n) is 2.27. The van der Waals surface area contributed by atoms with Gasteiger partial charge in [0.15, 0.2) is 0 Å². The Morgan fingerprint density at radius 2 is 1.75 bits per heavy atom. The summed E-state index contributed by atoms with van der Waals surface area (Å²) in [6, 6.07) is 6.15. The fourth-order valence-electron chi connectivity index (χ4n) is 1.37. The van der Waals surface area contributed by atoms with Crippen LogP contribution < -0.4 is 0 Å². The third-order valence-corrected chi connectivity index (χ3v) is 2.27. The topological polar surface area (TPSA) is 54.4 Å². The number of carbonyl (C=O) groups excluding carboxylic acids is 1. The standard InChI is InChI=1S/C12H13FO3/c13-10-7-5-9(6-8-10)3-1-2-4-11(14)12(15)16/h5-8H,1-4H2,(H,15,16). The lowest BCUT2D eigenvalue weighted by molar-refractivity contribution is -0.149. The molecule has 16 heavy (non-hydrogen) atoms. The van der Waals surface area contributed by atoms with Gasteiger partial charge in [0.1, 0.15) is 5.82 Å². The lowest BCUT2D eigenvalue weighted by Gasteiger charge is -2.00. The normalized spacial score (nSPS) is 10.1. The van der Waals surface area contributed by atoms with Crippen molar-refractivity contribution in [3.63, 3.8) is 0 Å². The maximum atomic E-state index is 12.6. The van der Waals surface area contributed by atoms with E-state index in [1.807, 2.05) is 0 Å². The second-order valence-electron chi connectivity index (χ2n) is 3.56. The van der Waals surface area contributed by atoms with Crippen LogP contribution in [0.1, 0.15) is 24.8 Å². The molecule has 0 aliphatic carbocycles. The summed E-state index contributed by atoms with van der Waals surface area (Å²) < 4.78 is 12.6. The maximum Gasteiger partial charge on any atom is 0.372 e. The van der Waals surface area contributed by atoms with Crippen molar-refractivity contribution in [2.24, 2.45) is 0 Å². The van der Waals surface area contributed by atoms with Crippen LogP contribution in [-0.4, -0.2) is 16.9 Å². The molecule has 0 radical (unpaired) electrons. The van der Waals surface area contributed by atoms with Crippen LogP contribution in [-0.2, 0) is 16.0 Å². The molecule has 0 unspecified atom stereocenters. The van der Waals surface area contributed by atoms with Crippen LogP contribution in [0.2, 0.25) is 0 Å². The number of rotatable bonds is 6. The van der Waals surface area contributed by atoms with Crippen LogP contribution in [0.4, 0.5) is 4.39 Å². The van der Waals surface area contributed by atoms with Gasteiger partial charge in [0.05, 0.1) is 0 Å². The number of benzene rings is 1. The number of aryl methyl sites for hydroxylation is 1. The second-order valence-corrected chi connectivity index (χ2v) is 3.56. The van der Waals surface area contributed by atoms with Gasteiger partial charge in [-0.25, -0.2) is 9.18 Å². The van der Waals surface area contributed by atoms with E-state index in [4.69, 9.17) is 5.11 Å². The molecule has 0 aliphatic rings. The summed E-state index contributed by atoms with van der Waals surface area (Å²) in [7, 11) is 0. The van der Waals surface area contributed by atoms with Gasteiger partial charge in [-0.1, -0.05) is 12.1 Å². The Kier molecular flexibility index (Phi) is 4.64. The quantitative estimate of drug-likeness (QED) is 0.595. The predicted octanol–water partition coefficient (Wildman–Crippen LogP) is 2.19. The number of hydrogen-bond acceptors (Lipinski definition) is 2. The number of unbranched alkanes of at least 4 members (excludes halogenated alkanes) is 1. The summed E-state index contributed by atoms with van der Waals surface area (Å²) in [6.45, 7) is 0. The fourth-order valence-corrected chi connectivity index (χ4v) is 1.37. The van der Waals surface area contributed by atoms with E-state index in [2.05, 4.69) is 0 Å². The van der Waals surface area contributed by atoms with Crippen LogP contribution in [0, 0.1) is 5.82 Å². The van der Waals surface area contributed by atoms with E-state index in [0.29, 0.717) is 6.42 Å². The minimum atomic E-state index is -1.37. The molecule has 0 saturated carbocycles. The molecule has 86 valence electrons. The number of carboxylic acid groups (broad SMARTS) is 1. The Morgan fingerprint density at radius 1 is 1.12 bits per heavy atom. The lowest BCUT2D eigenvalue weighted by atomic mass is 10.1. The number of carbonyl (C=O) groups is 2. The van der Waals surface area contributed by atoms with Crippen molar-refractivity contribution in [2.45, 2.75) is 25.7 Å². The molecule has 0 spiro atoms. The van der Waals surface area contributed by atoms with Crippen LogP contribution in [0.3, 0.4) is 0 Å². The summed E-state index contributed by atoms with van der Waals surface area (Å²) in [5.41, 5.74) is 0.990. The molecule has 0 heterocycles. The van der Waals surface area contributed by atoms with Crippen molar-refractivity contribution < 1.29 is 19.1 Å². The molecule has 0 aromatic heterocycles. The minimum absolute atomic E-state index is 0.0660. The van der Waals surface area contributed by atoms with Gasteiger partial charge in [0, 0.05) is 6.42 Å². The number of Topliss-reactive ketones (excluding diaryl/α,β-unsaturated/α-hetero) is 1. The molecule has 1 aromatic rings. The molecule has 0 amide bonds. The van der Waals surface area contributed by atoms with Gasteiger partial charge in [-0.3, -0.25) is 4.79 Å². The summed E-state index contributed by atoms with van der Waals surface area (Å²) >= 11 is 0. The van der Waals surface area contributed by atoms with Crippen LogP contribution in [0.5, 0.6) is 0 Å². The SMILES string of the molecule is O=C(O)C(=O)CCCCc1ccc(F)cc1. The van der Waals surface area contributed by atoms with Crippen molar-refractivity contribution in [2.75, 3.05) is 0 Å². The van der Waals surface area contributed by atoms with Gasteiger partial charge in [0.2, 0.25) is 5.78 Å². The van der Waals surface area contributed by atoms with E-state index in [1.54, 1.807) is 12.1 Å². The number of aliphatic carboxylic acids is 1. The lowest BCUT2D eigenvalue weighted by Crippen LogP contribution is -2.11. The zero-order chi connectivity index (χ0) is 12.0. The van der Waals surface area contributed by atoms with Crippen molar-refractivity contribution in [3.8, 4) is 0 Å². The van der Waals surface area contributed by atoms with Crippen molar-refractivity contribution in [3.05, 3.63) is 35.6 Å². The van der Waals surface area contributed by atoms with Crippen molar-refractivity contribution in [1.29, 1.82) is 0 Å². The first kappa shape index (κ1) is 12.4. The maximum absolute atomic E-state index is 12.6. The monoisotopic (exact) mass is 224 g/mol. The zero-order valence-corrected chi connectivity index (χ0v) is 8.78. The smallest absolute Gasteiger partial charge is 0.372 e. The Labute approximate surface area is 92.9 Å². The van der Waals surface area contributed by atoms with E-state index in [1.165, 1.54) is 12.1 Å². The summed E-state index contributed by atoms with van der Waals surface area (Å²) in [6.07, 6.45) is 2.07. The Bertz CT molecular complexity index is 370. The minimum Gasteiger partial charge on any atom is -0.476 e. The average Bonchev–Trinajstić information content (AvgIpc) is 2.26. The van der Waals surface area contributed by atoms with Crippen LogP contribution in [0.15, 0.2) is 24.3 Å². The Hall–Kier alpha value is -1.71. The number of halogens is 1. The van der Waals surface area contributed by atoms with E-state index in [0.717, 1.165) is 18.4 Å². The summed E-state index contributed by atoms with van der Waals surface area (Å²) in [5.74, 6) is -2.40. The molecule has 4 heteroatoms. The molecular weight excluding hydrogens is 211 g/mol. The molecule has 3 nitrogen and oxygen atoms in total. The van der Waals surface area contributed by atoms with Crippen LogP contribution in [0.25, 0.3) is 0 Å². The van der Waals surface area contributed by atoms with Crippen LogP contribution >= 0.6 is 0 Å². The first-order chi connectivity index (χ1) is 7.59. The molecule has 0 bridgehead atoms. The largest absolute Gasteiger partial charge is 0.476 e. The van der Waals surface area contributed by atoms with Crippen molar-refractivity contribution in [1.82, 2.24) is 0 Å². The summed E-state index contributed by atoms with van der Waals surface area (Å²) in [4.78, 5) is 21.0. The molecule has 0 atom stereocenters. The first-order valence-corrected chi connectivity index (χ1v) is 5.10. The molecule has 0 fully saturated rings. The molecule has 1 N–H and O–H groups in total. The first-order valence-electron chi connectivity index (χ1n) is 5.10. The highest BCUT2D eigenvalue weighted by Crippen LogP contribution is 2.08. The molecular formula is C12H13FO3. The number of ketones is 1. The van der Waals surface area contributed by atoms with Gasteiger partial charge in [-0.2, -0.15) is 0 Å². The summed E-state index contributed by atoms with van der Waals surface area (Å²) in [5, 5.41) is 8.34. The predicted molar refractivity (Wildman–Crippen MR) is 56.6 cm³/mol. The fraction of sp³-hybridized carbons (Fsp3) is 0.333. The van der Waals surface area contributed by atoms with Gasteiger partial charge in [-0.15, -0.1) is 0 Å². The van der Waals surface area contributed by atoms with Gasteiger partial charge >= 0.3 is 5.97 Å². The highest BCUT2D eigenvalue weighted by atomic mass is 19.1. The van der Waals surface area contributed by atoms with E-state index in [-0.39, 0.29) is 12.2 Å². The van der Waals surface area contributed by atoms with Gasteiger partial charge < -0.3 is 5.11 Å². The number of carboxylic acids is 1. The van der Waals surface area contributed by atoms with Crippen molar-refractivity contribution >= 4 is 11.8 Å². The van der Waals surface area contributed by atoms with E-state index < -0.39 is 11.8 Å². The Balaban J connectivity index is 2.23. The van der Waals surface area contributed by atoms with Gasteiger partial charge in [0.25, 0.3) is 0 Å². The number of hydrogen-bond donors (Lipinski definition) is 1. The van der Waals surface area contributed by atoms with Gasteiger partial charge in [-0.05, 0) is 37.0 Å². The highest BCUT2D eigenvalue weighted by molar-refractivity contribution is 6.32. The molecule has 1 rings (SSSR count).